The third kappa shape index (κ3) is 1.96. The molecule has 0 aliphatic rings. The quantitative estimate of drug-likeness (QED) is 0.704. The predicted molar refractivity (Wildman–Crippen MR) is 61.8 cm³/mol. The van der Waals surface area contributed by atoms with E-state index in [1.807, 2.05) is 0 Å². The van der Waals surface area contributed by atoms with Gasteiger partial charge in [0.15, 0.2) is 10.7 Å². The minimum absolute atomic E-state index is 0.0128. The van der Waals surface area contributed by atoms with Gasteiger partial charge >= 0.3 is 0 Å². The van der Waals surface area contributed by atoms with E-state index >= 15 is 0 Å². The summed E-state index contributed by atoms with van der Waals surface area (Å²) >= 11 is 0. The van der Waals surface area contributed by atoms with E-state index in [-0.39, 0.29) is 10.7 Å². The average molecular weight is 256 g/mol. The Hall–Kier alpha value is -2.03. The van der Waals surface area contributed by atoms with E-state index in [2.05, 4.69) is 20.0 Å². The number of aryl methyl sites for hydroxylation is 1. The number of nitrogen functional groups attached to an aromatic ring is 1. The number of sulfonamides is 1. The summed E-state index contributed by atoms with van der Waals surface area (Å²) in [5, 5.41) is 10.0. The van der Waals surface area contributed by atoms with Gasteiger partial charge in [-0.2, -0.15) is 10.2 Å². The van der Waals surface area contributed by atoms with Crippen molar-refractivity contribution in [3.63, 3.8) is 0 Å². The minimum atomic E-state index is -3.74. The molecular formula is C8H12N6O2S. The van der Waals surface area contributed by atoms with Gasteiger partial charge in [0, 0.05) is 13.2 Å². The van der Waals surface area contributed by atoms with Crippen molar-refractivity contribution in [2.75, 3.05) is 10.5 Å². The van der Waals surface area contributed by atoms with Gasteiger partial charge in [-0.1, -0.05) is 0 Å². The highest BCUT2D eigenvalue weighted by Crippen LogP contribution is 2.23. The molecule has 0 aromatic carbocycles. The van der Waals surface area contributed by atoms with Crippen molar-refractivity contribution in [1.82, 2.24) is 20.0 Å². The predicted octanol–water partition coefficient (Wildman–Crippen LogP) is -0.165. The van der Waals surface area contributed by atoms with Crippen LogP contribution in [0.3, 0.4) is 0 Å². The second-order valence-electron chi connectivity index (χ2n) is 3.52. The third-order valence-corrected chi connectivity index (χ3v) is 3.87. The number of anilines is 2. The van der Waals surface area contributed by atoms with Gasteiger partial charge in [-0.3, -0.25) is 14.5 Å². The average Bonchev–Trinajstić information content (AvgIpc) is 2.76. The van der Waals surface area contributed by atoms with Crippen molar-refractivity contribution in [2.45, 2.75) is 11.8 Å². The topological polar surface area (TPSA) is 119 Å². The molecular weight excluding hydrogens is 244 g/mol. The van der Waals surface area contributed by atoms with E-state index in [1.54, 1.807) is 14.0 Å². The van der Waals surface area contributed by atoms with Crippen LogP contribution in [0.2, 0.25) is 0 Å². The molecule has 2 heterocycles. The van der Waals surface area contributed by atoms with Crippen LogP contribution in [-0.2, 0) is 17.1 Å². The summed E-state index contributed by atoms with van der Waals surface area (Å²) in [6.45, 7) is 1.63. The monoisotopic (exact) mass is 256 g/mol. The number of nitrogens with zero attached hydrogens (tertiary/aromatic N) is 3. The van der Waals surface area contributed by atoms with Crippen molar-refractivity contribution < 1.29 is 8.42 Å². The van der Waals surface area contributed by atoms with Crippen molar-refractivity contribution in [1.29, 1.82) is 0 Å². The Morgan fingerprint density at radius 2 is 2.24 bits per heavy atom. The fraction of sp³-hybridized carbons (Fsp3) is 0.250. The van der Waals surface area contributed by atoms with Gasteiger partial charge in [0.25, 0.3) is 10.0 Å². The lowest BCUT2D eigenvalue weighted by Gasteiger charge is -2.05. The Morgan fingerprint density at radius 3 is 2.71 bits per heavy atom. The number of nitrogens with one attached hydrogen (secondary N) is 2. The second kappa shape index (κ2) is 3.77. The number of hydrogen-bond donors (Lipinski definition) is 3. The molecule has 8 nitrogen and oxygen atoms in total. The van der Waals surface area contributed by atoms with Crippen LogP contribution in [0.15, 0.2) is 17.3 Å². The van der Waals surface area contributed by atoms with Gasteiger partial charge in [-0.15, -0.1) is 0 Å². The smallest absolute Gasteiger partial charge is 0.267 e. The molecule has 0 fully saturated rings. The summed E-state index contributed by atoms with van der Waals surface area (Å²) in [6.07, 6.45) is 2.79. The highest BCUT2D eigenvalue weighted by atomic mass is 32.2. The summed E-state index contributed by atoms with van der Waals surface area (Å²) in [5.41, 5.74) is 6.39. The molecule has 0 spiro atoms. The van der Waals surface area contributed by atoms with Gasteiger partial charge in [-0.25, -0.2) is 8.42 Å². The summed E-state index contributed by atoms with van der Waals surface area (Å²) in [6, 6.07) is 0. The molecule has 4 N–H and O–H groups in total. The maximum absolute atomic E-state index is 12.1. The van der Waals surface area contributed by atoms with Crippen molar-refractivity contribution >= 4 is 21.5 Å². The molecule has 0 bridgehead atoms. The van der Waals surface area contributed by atoms with E-state index in [0.29, 0.717) is 11.4 Å². The molecule has 2 rings (SSSR count). The molecule has 0 aliphatic carbocycles. The number of aromatic amines is 1. The number of hydrogen-bond acceptors (Lipinski definition) is 5. The zero-order chi connectivity index (χ0) is 12.6. The first-order valence-corrected chi connectivity index (χ1v) is 6.21. The van der Waals surface area contributed by atoms with Crippen LogP contribution >= 0.6 is 0 Å². The molecule has 2 aromatic rings. The minimum Gasteiger partial charge on any atom is -0.381 e. The van der Waals surface area contributed by atoms with Crippen LogP contribution in [0.25, 0.3) is 0 Å². The number of rotatable bonds is 3. The highest BCUT2D eigenvalue weighted by Gasteiger charge is 2.24. The van der Waals surface area contributed by atoms with Gasteiger partial charge in [0.2, 0.25) is 0 Å². The molecule has 17 heavy (non-hydrogen) atoms. The first-order chi connectivity index (χ1) is 7.92. The number of H-pyrrole nitrogens is 1. The Morgan fingerprint density at radius 1 is 1.53 bits per heavy atom. The molecule has 92 valence electrons. The van der Waals surface area contributed by atoms with Crippen LogP contribution < -0.4 is 10.5 Å². The van der Waals surface area contributed by atoms with Gasteiger partial charge in [-0.05, 0) is 6.92 Å². The molecule has 9 heteroatoms. The fourth-order valence-electron chi connectivity index (χ4n) is 1.46. The van der Waals surface area contributed by atoms with Crippen LogP contribution in [-0.4, -0.2) is 28.4 Å². The SMILES string of the molecule is Cc1c(S(=O)(=O)Nc2cn[nH]c2)c(N)nn1C. The summed E-state index contributed by atoms with van der Waals surface area (Å²) in [4.78, 5) is -0.0128. The molecule has 0 radical (unpaired) electrons. The van der Waals surface area contributed by atoms with Crippen molar-refractivity contribution in [3.05, 3.63) is 18.1 Å². The maximum Gasteiger partial charge on any atom is 0.267 e. The molecule has 0 unspecified atom stereocenters. The summed E-state index contributed by atoms with van der Waals surface area (Å²) < 4.78 is 27.9. The van der Waals surface area contributed by atoms with Crippen LogP contribution in [0.5, 0.6) is 0 Å². The summed E-state index contributed by atoms with van der Waals surface area (Å²) in [5.74, 6) is -0.0269. The second-order valence-corrected chi connectivity index (χ2v) is 5.14. The van der Waals surface area contributed by atoms with Gasteiger partial charge in [0.05, 0.1) is 17.6 Å². The Balaban J connectivity index is 2.45. The van der Waals surface area contributed by atoms with E-state index < -0.39 is 10.0 Å². The largest absolute Gasteiger partial charge is 0.381 e. The standard InChI is InChI=1S/C8H12N6O2S/c1-5-7(8(9)12-14(5)2)17(15,16)13-6-3-10-11-4-6/h3-4,13H,1-2H3,(H2,9,12)(H,10,11). The van der Waals surface area contributed by atoms with Gasteiger partial charge < -0.3 is 5.73 Å². The van der Waals surface area contributed by atoms with Crippen molar-refractivity contribution in [2.24, 2.45) is 7.05 Å². The lowest BCUT2D eigenvalue weighted by molar-refractivity contribution is 0.600. The maximum atomic E-state index is 12.1. The van der Waals surface area contributed by atoms with E-state index in [0.717, 1.165) is 0 Å². The number of nitrogens with two attached hydrogens (primary N) is 1. The molecule has 0 saturated carbocycles. The lowest BCUT2D eigenvalue weighted by Crippen LogP contribution is -2.14. The van der Waals surface area contributed by atoms with Crippen LogP contribution in [0.1, 0.15) is 5.69 Å². The van der Waals surface area contributed by atoms with Crippen LogP contribution in [0, 0.1) is 6.92 Å². The lowest BCUT2D eigenvalue weighted by atomic mass is 10.5. The van der Waals surface area contributed by atoms with Crippen LogP contribution in [0.4, 0.5) is 11.5 Å². The Bertz CT molecular complexity index is 627. The van der Waals surface area contributed by atoms with E-state index in [4.69, 9.17) is 5.73 Å². The van der Waals surface area contributed by atoms with Gasteiger partial charge in [0.1, 0.15) is 0 Å². The van der Waals surface area contributed by atoms with E-state index in [9.17, 15) is 8.42 Å². The Labute approximate surface area is 97.9 Å². The zero-order valence-electron chi connectivity index (χ0n) is 9.30. The molecule has 2 aromatic heterocycles. The van der Waals surface area contributed by atoms with Crippen molar-refractivity contribution in [3.8, 4) is 0 Å². The molecule has 0 saturated heterocycles. The molecule has 0 amide bonds. The zero-order valence-corrected chi connectivity index (χ0v) is 10.1. The summed E-state index contributed by atoms with van der Waals surface area (Å²) in [7, 11) is -2.11. The highest BCUT2D eigenvalue weighted by molar-refractivity contribution is 7.93. The Kier molecular flexibility index (Phi) is 2.54. The number of aromatic nitrogens is 4. The van der Waals surface area contributed by atoms with E-state index in [1.165, 1.54) is 17.1 Å². The normalized spacial score (nSPS) is 11.6. The molecule has 0 atom stereocenters. The third-order valence-electron chi connectivity index (χ3n) is 2.32. The first-order valence-electron chi connectivity index (χ1n) is 4.72. The fourth-order valence-corrected chi connectivity index (χ4v) is 2.82. The molecule has 0 aliphatic heterocycles. The first kappa shape index (κ1) is 11.5.